The fraction of sp³-hybridized carbons (Fsp3) is 0.125. The lowest BCUT2D eigenvalue weighted by molar-refractivity contribution is 0.104. The van der Waals surface area contributed by atoms with Gasteiger partial charge in [-0.25, -0.2) is 0 Å². The van der Waals surface area contributed by atoms with Gasteiger partial charge in [-0.1, -0.05) is 6.07 Å². The number of carbonyl (C=O) groups is 1. The second kappa shape index (κ2) is 4.59. The molecule has 0 aliphatic heterocycles. The van der Waals surface area contributed by atoms with Crippen molar-refractivity contribution >= 4 is 28.0 Å². The Bertz CT molecular complexity index is 773. The van der Waals surface area contributed by atoms with Gasteiger partial charge in [0.2, 0.25) is 5.78 Å². The SMILES string of the molecule is Cc1ccc2cc(C(=O)c3ccc(C)s3)ccc2n1. The van der Waals surface area contributed by atoms with Crippen LogP contribution in [0.25, 0.3) is 10.9 Å². The quantitative estimate of drug-likeness (QED) is 0.653. The van der Waals surface area contributed by atoms with Gasteiger partial charge in [0.1, 0.15) is 0 Å². The van der Waals surface area contributed by atoms with E-state index in [-0.39, 0.29) is 5.78 Å². The number of thiophene rings is 1. The molecular formula is C16H13NOS. The summed E-state index contributed by atoms with van der Waals surface area (Å²) in [5, 5.41) is 1.00. The minimum absolute atomic E-state index is 0.0839. The van der Waals surface area contributed by atoms with E-state index in [1.165, 1.54) is 11.3 Å². The maximum atomic E-state index is 12.4. The molecule has 0 unspecified atom stereocenters. The van der Waals surface area contributed by atoms with Gasteiger partial charge < -0.3 is 0 Å². The zero-order valence-corrected chi connectivity index (χ0v) is 11.6. The molecule has 0 fully saturated rings. The van der Waals surface area contributed by atoms with E-state index in [9.17, 15) is 4.79 Å². The molecule has 2 nitrogen and oxygen atoms in total. The third kappa shape index (κ3) is 2.29. The van der Waals surface area contributed by atoms with Crippen molar-refractivity contribution in [1.82, 2.24) is 4.98 Å². The first kappa shape index (κ1) is 12.1. The van der Waals surface area contributed by atoms with E-state index in [0.717, 1.165) is 31.9 Å². The number of hydrogen-bond acceptors (Lipinski definition) is 3. The Morgan fingerprint density at radius 2 is 1.89 bits per heavy atom. The molecule has 0 bridgehead atoms. The lowest BCUT2D eigenvalue weighted by Gasteiger charge is -2.02. The second-order valence-corrected chi connectivity index (χ2v) is 5.89. The van der Waals surface area contributed by atoms with Crippen LogP contribution in [0.1, 0.15) is 25.8 Å². The molecule has 3 aromatic rings. The maximum Gasteiger partial charge on any atom is 0.202 e. The summed E-state index contributed by atoms with van der Waals surface area (Å²) in [6, 6.07) is 13.5. The van der Waals surface area contributed by atoms with Crippen molar-refractivity contribution in [3.8, 4) is 0 Å². The Kier molecular flexibility index (Phi) is 2.91. The summed E-state index contributed by atoms with van der Waals surface area (Å²) in [5.41, 5.74) is 2.64. The molecule has 3 rings (SSSR count). The highest BCUT2D eigenvalue weighted by molar-refractivity contribution is 7.14. The van der Waals surface area contributed by atoms with Gasteiger partial charge >= 0.3 is 0 Å². The molecule has 3 heteroatoms. The molecular weight excluding hydrogens is 254 g/mol. The molecule has 0 saturated heterocycles. The van der Waals surface area contributed by atoms with E-state index in [1.807, 2.05) is 56.3 Å². The highest BCUT2D eigenvalue weighted by atomic mass is 32.1. The number of carbonyl (C=O) groups excluding carboxylic acids is 1. The van der Waals surface area contributed by atoms with Crippen molar-refractivity contribution in [1.29, 1.82) is 0 Å². The fourth-order valence-corrected chi connectivity index (χ4v) is 2.90. The Balaban J connectivity index is 2.06. The molecule has 0 atom stereocenters. The van der Waals surface area contributed by atoms with Crippen molar-refractivity contribution in [2.45, 2.75) is 13.8 Å². The van der Waals surface area contributed by atoms with Gasteiger partial charge in [-0.15, -0.1) is 11.3 Å². The smallest absolute Gasteiger partial charge is 0.202 e. The van der Waals surface area contributed by atoms with Crippen molar-refractivity contribution in [2.75, 3.05) is 0 Å². The normalized spacial score (nSPS) is 10.8. The number of fused-ring (bicyclic) bond motifs is 1. The van der Waals surface area contributed by atoms with Crippen LogP contribution in [0.3, 0.4) is 0 Å². The van der Waals surface area contributed by atoms with Gasteiger partial charge in [0.05, 0.1) is 10.4 Å². The molecule has 94 valence electrons. The van der Waals surface area contributed by atoms with Crippen molar-refractivity contribution in [2.24, 2.45) is 0 Å². The molecule has 0 radical (unpaired) electrons. The molecule has 0 N–H and O–H groups in total. The van der Waals surface area contributed by atoms with Crippen LogP contribution in [-0.2, 0) is 0 Å². The van der Waals surface area contributed by atoms with E-state index < -0.39 is 0 Å². The molecule has 0 amide bonds. The molecule has 19 heavy (non-hydrogen) atoms. The predicted molar refractivity (Wildman–Crippen MR) is 79.0 cm³/mol. The first-order valence-corrected chi connectivity index (χ1v) is 6.94. The number of ketones is 1. The highest BCUT2D eigenvalue weighted by Gasteiger charge is 2.11. The number of pyridine rings is 1. The topological polar surface area (TPSA) is 30.0 Å². The maximum absolute atomic E-state index is 12.4. The minimum atomic E-state index is 0.0839. The van der Waals surface area contributed by atoms with Gasteiger partial charge in [-0.05, 0) is 50.2 Å². The van der Waals surface area contributed by atoms with Crippen LogP contribution >= 0.6 is 11.3 Å². The molecule has 0 aliphatic rings. The van der Waals surface area contributed by atoms with Crippen LogP contribution in [0.15, 0.2) is 42.5 Å². The standard InChI is InChI=1S/C16H13NOS/c1-10-3-5-12-9-13(6-7-14(12)17-10)16(18)15-8-4-11(2)19-15/h3-9H,1-2H3. The van der Waals surface area contributed by atoms with Gasteiger partial charge in [0, 0.05) is 21.5 Å². The largest absolute Gasteiger partial charge is 0.288 e. The summed E-state index contributed by atoms with van der Waals surface area (Å²) in [4.78, 5) is 18.7. The molecule has 0 aliphatic carbocycles. The van der Waals surface area contributed by atoms with Gasteiger partial charge in [0.25, 0.3) is 0 Å². The Labute approximate surface area is 115 Å². The van der Waals surface area contributed by atoms with Gasteiger partial charge in [-0.2, -0.15) is 0 Å². The van der Waals surface area contributed by atoms with Gasteiger partial charge in [0.15, 0.2) is 0 Å². The third-order valence-corrected chi connectivity index (χ3v) is 4.05. The van der Waals surface area contributed by atoms with Crippen molar-refractivity contribution in [3.63, 3.8) is 0 Å². The lowest BCUT2D eigenvalue weighted by atomic mass is 10.1. The summed E-state index contributed by atoms with van der Waals surface area (Å²) in [5.74, 6) is 0.0839. The summed E-state index contributed by atoms with van der Waals surface area (Å²) < 4.78 is 0. The van der Waals surface area contributed by atoms with Crippen LogP contribution in [0.5, 0.6) is 0 Å². The molecule has 0 spiro atoms. The van der Waals surface area contributed by atoms with Crippen molar-refractivity contribution < 1.29 is 4.79 Å². The average molecular weight is 267 g/mol. The number of aromatic nitrogens is 1. The Morgan fingerprint density at radius 3 is 2.63 bits per heavy atom. The number of benzene rings is 1. The summed E-state index contributed by atoms with van der Waals surface area (Å²) in [6.45, 7) is 3.97. The zero-order valence-electron chi connectivity index (χ0n) is 10.8. The zero-order chi connectivity index (χ0) is 13.4. The molecule has 1 aromatic carbocycles. The molecule has 2 aromatic heterocycles. The highest BCUT2D eigenvalue weighted by Crippen LogP contribution is 2.21. The van der Waals surface area contributed by atoms with E-state index in [2.05, 4.69) is 4.98 Å². The van der Waals surface area contributed by atoms with Crippen LogP contribution in [0.2, 0.25) is 0 Å². The monoisotopic (exact) mass is 267 g/mol. The van der Waals surface area contributed by atoms with E-state index in [0.29, 0.717) is 0 Å². The first-order valence-electron chi connectivity index (χ1n) is 6.12. The van der Waals surface area contributed by atoms with E-state index in [1.54, 1.807) is 0 Å². The van der Waals surface area contributed by atoms with Crippen LogP contribution in [-0.4, -0.2) is 10.8 Å². The number of nitrogens with zero attached hydrogens (tertiary/aromatic N) is 1. The average Bonchev–Trinajstić information content (AvgIpc) is 2.84. The summed E-state index contributed by atoms with van der Waals surface area (Å²) in [6.07, 6.45) is 0. The van der Waals surface area contributed by atoms with E-state index in [4.69, 9.17) is 0 Å². The number of hydrogen-bond donors (Lipinski definition) is 0. The Morgan fingerprint density at radius 1 is 1.05 bits per heavy atom. The Hall–Kier alpha value is -2.00. The molecule has 2 heterocycles. The fourth-order valence-electron chi connectivity index (χ4n) is 2.07. The number of rotatable bonds is 2. The van der Waals surface area contributed by atoms with Crippen molar-refractivity contribution in [3.05, 3.63) is 63.5 Å². The lowest BCUT2D eigenvalue weighted by Crippen LogP contribution is -1.98. The first-order chi connectivity index (χ1) is 9.13. The van der Waals surface area contributed by atoms with Crippen LogP contribution in [0, 0.1) is 13.8 Å². The predicted octanol–water partition coefficient (Wildman–Crippen LogP) is 4.14. The second-order valence-electron chi connectivity index (χ2n) is 4.60. The van der Waals surface area contributed by atoms with Crippen LogP contribution in [0.4, 0.5) is 0 Å². The molecule has 0 saturated carbocycles. The minimum Gasteiger partial charge on any atom is -0.288 e. The van der Waals surface area contributed by atoms with Gasteiger partial charge in [-0.3, -0.25) is 9.78 Å². The van der Waals surface area contributed by atoms with Crippen LogP contribution < -0.4 is 0 Å². The summed E-state index contributed by atoms with van der Waals surface area (Å²) >= 11 is 1.53. The number of aryl methyl sites for hydroxylation is 2. The third-order valence-electron chi connectivity index (χ3n) is 3.05. The van der Waals surface area contributed by atoms with E-state index >= 15 is 0 Å². The summed E-state index contributed by atoms with van der Waals surface area (Å²) in [7, 11) is 0.